The van der Waals surface area contributed by atoms with Crippen LogP contribution in [0.2, 0.25) is 10.0 Å². The van der Waals surface area contributed by atoms with E-state index in [-0.39, 0.29) is 6.10 Å². The number of nitrogens with zero attached hydrogens (tertiary/aromatic N) is 2. The van der Waals surface area contributed by atoms with Crippen molar-refractivity contribution < 1.29 is 4.74 Å². The minimum atomic E-state index is 0.202. The molecule has 3 nitrogen and oxygen atoms in total. The van der Waals surface area contributed by atoms with Gasteiger partial charge in [0.25, 0.3) is 0 Å². The molecule has 27 heavy (non-hydrogen) atoms. The Hall–Kier alpha value is -1.59. The van der Waals surface area contributed by atoms with Gasteiger partial charge in [-0.3, -0.25) is 0 Å². The first-order chi connectivity index (χ1) is 13.1. The van der Waals surface area contributed by atoms with E-state index in [0.29, 0.717) is 10.0 Å². The SMILES string of the molecule is Cc1ccc(N=c2scc(-c3cc(Cl)ccc3Cl)n2CC2CCCO2)cc1. The fraction of sp³-hybridized carbons (Fsp3) is 0.286. The maximum atomic E-state index is 6.48. The van der Waals surface area contributed by atoms with Crippen LogP contribution in [0.15, 0.2) is 52.8 Å². The van der Waals surface area contributed by atoms with Gasteiger partial charge in [-0.2, -0.15) is 0 Å². The molecule has 1 aliphatic heterocycles. The lowest BCUT2D eigenvalue weighted by Gasteiger charge is -2.15. The second kappa shape index (κ2) is 8.19. The first-order valence-corrected chi connectivity index (χ1v) is 10.6. The predicted octanol–water partition coefficient (Wildman–Crippen LogP) is 6.24. The van der Waals surface area contributed by atoms with Gasteiger partial charge in [-0.15, -0.1) is 11.3 Å². The van der Waals surface area contributed by atoms with Crippen molar-refractivity contribution in [2.75, 3.05) is 6.61 Å². The Bertz CT molecular complexity index is 1000. The summed E-state index contributed by atoms with van der Waals surface area (Å²) in [7, 11) is 0. The summed E-state index contributed by atoms with van der Waals surface area (Å²) in [6, 6.07) is 13.8. The molecule has 1 unspecified atom stereocenters. The van der Waals surface area contributed by atoms with Gasteiger partial charge in [0.2, 0.25) is 0 Å². The summed E-state index contributed by atoms with van der Waals surface area (Å²) in [5.74, 6) is 0. The van der Waals surface area contributed by atoms with Gasteiger partial charge in [0.15, 0.2) is 4.80 Å². The molecule has 0 radical (unpaired) electrons. The number of ether oxygens (including phenoxy) is 1. The number of aryl methyl sites for hydroxylation is 1. The van der Waals surface area contributed by atoms with Crippen molar-refractivity contribution in [1.82, 2.24) is 4.57 Å². The van der Waals surface area contributed by atoms with E-state index < -0.39 is 0 Å². The Morgan fingerprint density at radius 3 is 2.74 bits per heavy atom. The number of aromatic nitrogens is 1. The van der Waals surface area contributed by atoms with E-state index in [1.165, 1.54) is 5.56 Å². The topological polar surface area (TPSA) is 26.5 Å². The molecule has 6 heteroatoms. The highest BCUT2D eigenvalue weighted by Gasteiger charge is 2.20. The highest BCUT2D eigenvalue weighted by molar-refractivity contribution is 7.07. The Morgan fingerprint density at radius 1 is 1.19 bits per heavy atom. The minimum absolute atomic E-state index is 0.202. The van der Waals surface area contributed by atoms with Crippen LogP contribution in [0.1, 0.15) is 18.4 Å². The second-order valence-electron chi connectivity index (χ2n) is 6.72. The van der Waals surface area contributed by atoms with Gasteiger partial charge < -0.3 is 9.30 Å². The molecule has 1 aromatic heterocycles. The van der Waals surface area contributed by atoms with Crippen LogP contribution in [-0.2, 0) is 11.3 Å². The quantitative estimate of drug-likeness (QED) is 0.492. The highest BCUT2D eigenvalue weighted by Crippen LogP contribution is 2.31. The van der Waals surface area contributed by atoms with E-state index in [9.17, 15) is 0 Å². The molecule has 0 N–H and O–H groups in total. The van der Waals surface area contributed by atoms with Crippen molar-refractivity contribution in [3.05, 3.63) is 68.3 Å². The zero-order valence-corrected chi connectivity index (χ0v) is 17.3. The number of hydrogen-bond donors (Lipinski definition) is 0. The molecule has 0 aliphatic carbocycles. The fourth-order valence-electron chi connectivity index (χ4n) is 3.23. The first kappa shape index (κ1) is 18.8. The van der Waals surface area contributed by atoms with Crippen molar-refractivity contribution in [2.24, 2.45) is 4.99 Å². The Kier molecular flexibility index (Phi) is 5.69. The maximum absolute atomic E-state index is 6.48. The van der Waals surface area contributed by atoms with E-state index in [4.69, 9.17) is 32.9 Å². The lowest BCUT2D eigenvalue weighted by atomic mass is 10.1. The molecule has 2 aromatic carbocycles. The Labute approximate surface area is 172 Å². The maximum Gasteiger partial charge on any atom is 0.190 e. The number of halogens is 2. The van der Waals surface area contributed by atoms with Crippen molar-refractivity contribution in [3.8, 4) is 11.3 Å². The molecule has 0 amide bonds. The third-order valence-electron chi connectivity index (χ3n) is 4.67. The summed E-state index contributed by atoms with van der Waals surface area (Å²) < 4.78 is 8.08. The highest BCUT2D eigenvalue weighted by atomic mass is 35.5. The summed E-state index contributed by atoms with van der Waals surface area (Å²) in [4.78, 5) is 5.80. The van der Waals surface area contributed by atoms with Crippen molar-refractivity contribution >= 4 is 40.2 Å². The van der Waals surface area contributed by atoms with Crippen LogP contribution in [-0.4, -0.2) is 17.3 Å². The minimum Gasteiger partial charge on any atom is -0.376 e. The van der Waals surface area contributed by atoms with Gasteiger partial charge in [0, 0.05) is 22.6 Å². The monoisotopic (exact) mass is 418 g/mol. The van der Waals surface area contributed by atoms with Gasteiger partial charge in [0.05, 0.1) is 29.1 Å². The van der Waals surface area contributed by atoms with E-state index in [1.54, 1.807) is 11.3 Å². The smallest absolute Gasteiger partial charge is 0.190 e. The van der Waals surface area contributed by atoms with Crippen LogP contribution in [0.4, 0.5) is 5.69 Å². The molecular formula is C21H20Cl2N2OS. The Morgan fingerprint density at radius 2 is 2.00 bits per heavy atom. The average molecular weight is 419 g/mol. The summed E-state index contributed by atoms with van der Waals surface area (Å²) >= 11 is 14.3. The molecule has 3 aromatic rings. The van der Waals surface area contributed by atoms with Crippen LogP contribution < -0.4 is 4.80 Å². The third-order valence-corrected chi connectivity index (χ3v) is 6.10. The third kappa shape index (κ3) is 4.30. The lowest BCUT2D eigenvalue weighted by Crippen LogP contribution is -2.24. The largest absolute Gasteiger partial charge is 0.376 e. The van der Waals surface area contributed by atoms with Crippen molar-refractivity contribution in [1.29, 1.82) is 0 Å². The van der Waals surface area contributed by atoms with Crippen molar-refractivity contribution in [2.45, 2.75) is 32.4 Å². The van der Waals surface area contributed by atoms with Gasteiger partial charge in [0.1, 0.15) is 0 Å². The molecule has 0 bridgehead atoms. The van der Waals surface area contributed by atoms with Crippen LogP contribution in [0.5, 0.6) is 0 Å². The van der Waals surface area contributed by atoms with E-state index in [2.05, 4.69) is 29.0 Å². The molecule has 1 fully saturated rings. The van der Waals surface area contributed by atoms with E-state index in [1.807, 2.05) is 30.3 Å². The molecule has 1 saturated heterocycles. The summed E-state index contributed by atoms with van der Waals surface area (Å²) in [6.07, 6.45) is 2.37. The molecule has 140 valence electrons. The van der Waals surface area contributed by atoms with Crippen LogP contribution >= 0.6 is 34.5 Å². The van der Waals surface area contributed by atoms with Gasteiger partial charge in [-0.05, 0) is 50.1 Å². The number of hydrogen-bond acceptors (Lipinski definition) is 3. The van der Waals surface area contributed by atoms with Crippen molar-refractivity contribution in [3.63, 3.8) is 0 Å². The molecule has 2 heterocycles. The van der Waals surface area contributed by atoms with Crippen LogP contribution in [0.3, 0.4) is 0 Å². The molecule has 1 aliphatic rings. The van der Waals surface area contributed by atoms with Crippen LogP contribution in [0.25, 0.3) is 11.3 Å². The Balaban J connectivity index is 1.82. The number of thiazole rings is 1. The lowest BCUT2D eigenvalue weighted by molar-refractivity contribution is 0.0968. The van der Waals surface area contributed by atoms with E-state index >= 15 is 0 Å². The zero-order valence-electron chi connectivity index (χ0n) is 15.0. The van der Waals surface area contributed by atoms with Crippen LogP contribution in [0, 0.1) is 6.92 Å². The first-order valence-electron chi connectivity index (χ1n) is 8.97. The van der Waals surface area contributed by atoms with Gasteiger partial charge in [-0.1, -0.05) is 40.9 Å². The standard InChI is InChI=1S/C21H20Cl2N2OS/c1-14-4-7-16(8-5-14)24-21-25(12-17-3-2-10-26-17)20(13-27-21)18-11-15(22)6-9-19(18)23/h4-9,11,13,17H,2-3,10,12H2,1H3. The number of benzene rings is 2. The normalized spacial score (nSPS) is 17.6. The molecule has 0 spiro atoms. The predicted molar refractivity (Wildman–Crippen MR) is 113 cm³/mol. The molecule has 1 atom stereocenters. The van der Waals surface area contributed by atoms with E-state index in [0.717, 1.165) is 47.7 Å². The summed E-state index contributed by atoms with van der Waals surface area (Å²) in [5.41, 5.74) is 4.10. The zero-order chi connectivity index (χ0) is 18.8. The number of rotatable bonds is 4. The average Bonchev–Trinajstić information content (AvgIpc) is 3.30. The second-order valence-corrected chi connectivity index (χ2v) is 8.40. The summed E-state index contributed by atoms with van der Waals surface area (Å²) in [5, 5.41) is 3.45. The molecular weight excluding hydrogens is 399 g/mol. The molecule has 0 saturated carbocycles. The van der Waals surface area contributed by atoms with Gasteiger partial charge >= 0.3 is 0 Å². The summed E-state index contributed by atoms with van der Waals surface area (Å²) in [6.45, 7) is 3.66. The molecule has 4 rings (SSSR count). The fourth-order valence-corrected chi connectivity index (χ4v) is 4.54. The van der Waals surface area contributed by atoms with Gasteiger partial charge in [-0.25, -0.2) is 4.99 Å².